The molecule has 0 atom stereocenters. The Labute approximate surface area is 157 Å². The van der Waals surface area contributed by atoms with E-state index in [-0.39, 0.29) is 12.5 Å². The van der Waals surface area contributed by atoms with Gasteiger partial charge in [0, 0.05) is 19.7 Å². The number of carbonyl (C=O) groups excluding carboxylic acids is 1. The van der Waals surface area contributed by atoms with E-state index in [0.717, 1.165) is 5.56 Å². The highest BCUT2D eigenvalue weighted by atomic mass is 35.5. The molecule has 0 heterocycles. The number of amides is 1. The summed E-state index contributed by atoms with van der Waals surface area (Å²) in [4.78, 5) is 13.8. The van der Waals surface area contributed by atoms with Gasteiger partial charge in [-0.3, -0.25) is 4.79 Å². The molecule has 0 saturated heterocycles. The van der Waals surface area contributed by atoms with Crippen molar-refractivity contribution in [2.24, 2.45) is 0 Å². The Balaban J connectivity index is 1.94. The zero-order chi connectivity index (χ0) is 18.4. The molecule has 2 aromatic rings. The summed E-state index contributed by atoms with van der Waals surface area (Å²) in [6.07, 6.45) is 0. The minimum absolute atomic E-state index is 0.0955. The van der Waals surface area contributed by atoms with E-state index in [1.165, 1.54) is 0 Å². The fraction of sp³-hybridized carbons (Fsp3) is 0.278. The Kier molecular flexibility index (Phi) is 6.79. The van der Waals surface area contributed by atoms with Gasteiger partial charge in [-0.15, -0.1) is 0 Å². The summed E-state index contributed by atoms with van der Waals surface area (Å²) in [5.41, 5.74) is 0.919. The molecule has 2 rings (SSSR count). The van der Waals surface area contributed by atoms with E-state index in [0.29, 0.717) is 33.8 Å². The van der Waals surface area contributed by atoms with Gasteiger partial charge >= 0.3 is 0 Å². The number of methoxy groups -OCH3 is 2. The third kappa shape index (κ3) is 5.18. The van der Waals surface area contributed by atoms with E-state index in [9.17, 15) is 4.79 Å². The zero-order valence-electron chi connectivity index (χ0n) is 14.2. The predicted molar refractivity (Wildman–Crippen MR) is 98.0 cm³/mol. The van der Waals surface area contributed by atoms with E-state index >= 15 is 0 Å². The third-order valence-electron chi connectivity index (χ3n) is 3.55. The number of hydrogen-bond acceptors (Lipinski definition) is 4. The van der Waals surface area contributed by atoms with Crippen molar-refractivity contribution in [2.45, 2.75) is 6.54 Å². The number of benzene rings is 2. The molecule has 0 aromatic heterocycles. The van der Waals surface area contributed by atoms with E-state index in [2.05, 4.69) is 0 Å². The molecule has 0 aliphatic rings. The number of halogens is 2. The van der Waals surface area contributed by atoms with Crippen molar-refractivity contribution in [1.29, 1.82) is 0 Å². The lowest BCUT2D eigenvalue weighted by atomic mass is 10.2. The van der Waals surface area contributed by atoms with Crippen molar-refractivity contribution in [3.05, 3.63) is 52.0 Å². The summed E-state index contributed by atoms with van der Waals surface area (Å²) in [6, 6.07) is 10.4. The van der Waals surface area contributed by atoms with Crippen LogP contribution in [0.2, 0.25) is 10.0 Å². The normalized spacial score (nSPS) is 10.3. The second-order valence-corrected chi connectivity index (χ2v) is 6.12. The van der Waals surface area contributed by atoms with Crippen LogP contribution in [0.25, 0.3) is 0 Å². The van der Waals surface area contributed by atoms with Gasteiger partial charge in [-0.05, 0) is 29.8 Å². The second-order valence-electron chi connectivity index (χ2n) is 5.30. The first-order chi connectivity index (χ1) is 11.9. The number of ether oxygens (including phenoxy) is 3. The number of rotatable bonds is 7. The molecule has 0 bridgehead atoms. The Morgan fingerprint density at radius 2 is 1.72 bits per heavy atom. The summed E-state index contributed by atoms with van der Waals surface area (Å²) in [5, 5.41) is 0.816. The van der Waals surface area contributed by atoms with Crippen LogP contribution in [-0.2, 0) is 11.3 Å². The molecular weight excluding hydrogens is 365 g/mol. The second kappa shape index (κ2) is 8.83. The van der Waals surface area contributed by atoms with Gasteiger partial charge in [0.05, 0.1) is 24.3 Å². The maximum atomic E-state index is 12.2. The Bertz CT molecular complexity index is 752. The highest BCUT2D eigenvalue weighted by molar-refractivity contribution is 6.42. The maximum absolute atomic E-state index is 12.2. The fourth-order valence-corrected chi connectivity index (χ4v) is 2.45. The summed E-state index contributed by atoms with van der Waals surface area (Å²) >= 11 is 11.8. The fourth-order valence-electron chi connectivity index (χ4n) is 2.16. The van der Waals surface area contributed by atoms with Crippen LogP contribution in [-0.4, -0.2) is 38.7 Å². The number of carbonyl (C=O) groups is 1. The smallest absolute Gasteiger partial charge is 0.260 e. The minimum Gasteiger partial charge on any atom is -0.493 e. The summed E-state index contributed by atoms with van der Waals surface area (Å²) < 4.78 is 15.9. The highest BCUT2D eigenvalue weighted by Crippen LogP contribution is 2.28. The molecular formula is C18H19Cl2NO4. The Morgan fingerprint density at radius 3 is 2.36 bits per heavy atom. The standard InChI is InChI=1S/C18H19Cl2NO4/c1-21(10-12-4-7-16(23-2)17(8-12)24-3)18(22)11-25-13-5-6-14(19)15(20)9-13/h4-9H,10-11H2,1-3H3. The van der Waals surface area contributed by atoms with Crippen molar-refractivity contribution in [1.82, 2.24) is 4.90 Å². The van der Waals surface area contributed by atoms with Gasteiger partial charge in [0.15, 0.2) is 18.1 Å². The van der Waals surface area contributed by atoms with E-state index in [4.69, 9.17) is 37.4 Å². The van der Waals surface area contributed by atoms with Crippen LogP contribution in [0.1, 0.15) is 5.56 Å². The lowest BCUT2D eigenvalue weighted by Gasteiger charge is -2.18. The molecule has 7 heteroatoms. The maximum Gasteiger partial charge on any atom is 0.260 e. The van der Waals surface area contributed by atoms with Crippen LogP contribution >= 0.6 is 23.2 Å². The van der Waals surface area contributed by atoms with Crippen molar-refractivity contribution in [2.75, 3.05) is 27.9 Å². The van der Waals surface area contributed by atoms with Crippen LogP contribution in [0.5, 0.6) is 17.2 Å². The van der Waals surface area contributed by atoms with Crippen LogP contribution in [0.4, 0.5) is 0 Å². The molecule has 0 saturated carbocycles. The summed E-state index contributed by atoms with van der Waals surface area (Å²) in [5.74, 6) is 1.58. The highest BCUT2D eigenvalue weighted by Gasteiger charge is 2.12. The molecule has 1 amide bonds. The Hall–Kier alpha value is -2.11. The molecule has 0 spiro atoms. The largest absolute Gasteiger partial charge is 0.493 e. The summed E-state index contributed by atoms with van der Waals surface area (Å²) in [6.45, 7) is 0.325. The van der Waals surface area contributed by atoms with Gasteiger partial charge in [0.1, 0.15) is 5.75 Å². The minimum atomic E-state index is -0.166. The van der Waals surface area contributed by atoms with Crippen molar-refractivity contribution in [3.63, 3.8) is 0 Å². The molecule has 0 fully saturated rings. The van der Waals surface area contributed by atoms with Crippen LogP contribution < -0.4 is 14.2 Å². The third-order valence-corrected chi connectivity index (χ3v) is 4.29. The van der Waals surface area contributed by atoms with E-state index in [1.807, 2.05) is 12.1 Å². The number of hydrogen-bond donors (Lipinski definition) is 0. The molecule has 0 aliphatic carbocycles. The van der Waals surface area contributed by atoms with Gasteiger partial charge in [-0.25, -0.2) is 0 Å². The molecule has 25 heavy (non-hydrogen) atoms. The summed E-state index contributed by atoms with van der Waals surface area (Å²) in [7, 11) is 4.85. The number of likely N-dealkylation sites (N-methyl/N-ethyl adjacent to an activating group) is 1. The molecule has 0 radical (unpaired) electrons. The monoisotopic (exact) mass is 383 g/mol. The average Bonchev–Trinajstić information content (AvgIpc) is 2.62. The van der Waals surface area contributed by atoms with Gasteiger partial charge < -0.3 is 19.1 Å². The molecule has 134 valence electrons. The van der Waals surface area contributed by atoms with E-state index in [1.54, 1.807) is 50.4 Å². The first kappa shape index (κ1) is 19.2. The quantitative estimate of drug-likeness (QED) is 0.723. The lowest BCUT2D eigenvalue weighted by Crippen LogP contribution is -2.30. The Morgan fingerprint density at radius 1 is 1.00 bits per heavy atom. The van der Waals surface area contributed by atoms with Crippen LogP contribution in [0.15, 0.2) is 36.4 Å². The topological polar surface area (TPSA) is 48.0 Å². The molecule has 0 unspecified atom stereocenters. The van der Waals surface area contributed by atoms with Crippen molar-refractivity contribution in [3.8, 4) is 17.2 Å². The average molecular weight is 384 g/mol. The van der Waals surface area contributed by atoms with Gasteiger partial charge in [-0.1, -0.05) is 29.3 Å². The van der Waals surface area contributed by atoms with Gasteiger partial charge in [0.25, 0.3) is 5.91 Å². The van der Waals surface area contributed by atoms with Gasteiger partial charge in [0.2, 0.25) is 0 Å². The first-order valence-corrected chi connectivity index (χ1v) is 8.23. The van der Waals surface area contributed by atoms with Gasteiger partial charge in [-0.2, -0.15) is 0 Å². The molecule has 0 aliphatic heterocycles. The first-order valence-electron chi connectivity index (χ1n) is 7.47. The van der Waals surface area contributed by atoms with Crippen LogP contribution in [0, 0.1) is 0 Å². The number of nitrogens with zero attached hydrogens (tertiary/aromatic N) is 1. The molecule has 2 aromatic carbocycles. The predicted octanol–water partition coefficient (Wildman–Crippen LogP) is 4.05. The van der Waals surface area contributed by atoms with E-state index < -0.39 is 0 Å². The van der Waals surface area contributed by atoms with Crippen molar-refractivity contribution < 1.29 is 19.0 Å². The van der Waals surface area contributed by atoms with Crippen molar-refractivity contribution >= 4 is 29.1 Å². The van der Waals surface area contributed by atoms with Crippen LogP contribution in [0.3, 0.4) is 0 Å². The molecule has 5 nitrogen and oxygen atoms in total. The lowest BCUT2D eigenvalue weighted by molar-refractivity contribution is -0.132. The molecule has 0 N–H and O–H groups in total. The SMILES string of the molecule is COc1ccc(CN(C)C(=O)COc2ccc(Cl)c(Cl)c2)cc1OC. The zero-order valence-corrected chi connectivity index (χ0v) is 15.7.